The second-order valence-electron chi connectivity index (χ2n) is 6.58. The summed E-state index contributed by atoms with van der Waals surface area (Å²) >= 11 is 5.95. The lowest BCUT2D eigenvalue weighted by Gasteiger charge is -2.35. The molecule has 7 heteroatoms. The van der Waals surface area contributed by atoms with Gasteiger partial charge in [-0.25, -0.2) is 0 Å². The predicted octanol–water partition coefficient (Wildman–Crippen LogP) is 2.44. The van der Waals surface area contributed by atoms with Crippen LogP contribution in [0.3, 0.4) is 0 Å². The maximum atomic E-state index is 12.5. The van der Waals surface area contributed by atoms with Crippen molar-refractivity contribution in [3.8, 4) is 0 Å². The fourth-order valence-electron chi connectivity index (χ4n) is 3.41. The molecule has 3 rings (SSSR count). The highest BCUT2D eigenvalue weighted by molar-refractivity contribution is 6.30. The third-order valence-corrected chi connectivity index (χ3v) is 5.16. The van der Waals surface area contributed by atoms with Gasteiger partial charge < -0.3 is 15.1 Å². The molecule has 0 spiro atoms. The van der Waals surface area contributed by atoms with Crippen molar-refractivity contribution in [2.24, 2.45) is 5.92 Å². The van der Waals surface area contributed by atoms with E-state index in [1.165, 1.54) is 6.42 Å². The fraction of sp³-hybridized carbons (Fsp3) is 0.556. The molecule has 2 aliphatic heterocycles. The van der Waals surface area contributed by atoms with Crippen LogP contribution in [0.15, 0.2) is 24.3 Å². The van der Waals surface area contributed by atoms with Crippen molar-refractivity contribution in [2.45, 2.75) is 19.3 Å². The minimum atomic E-state index is -0.0124. The summed E-state index contributed by atoms with van der Waals surface area (Å²) in [4.78, 5) is 28.5. The number of nitrogens with zero attached hydrogens (tertiary/aromatic N) is 2. The Morgan fingerprint density at radius 1 is 1.16 bits per heavy atom. The minimum Gasteiger partial charge on any atom is -0.339 e. The maximum Gasteiger partial charge on any atom is 0.254 e. The number of carbonyl (C=O) groups excluding carboxylic acids is 2. The SMILES string of the molecule is Cl.O=C(CCC1CCNC1)N1CCN(C(=O)c2cccc(Cl)c2)CC1. The Kier molecular flexibility index (Phi) is 7.54. The zero-order valence-corrected chi connectivity index (χ0v) is 15.8. The molecule has 1 aromatic rings. The average Bonchev–Trinajstić information content (AvgIpc) is 3.13. The quantitative estimate of drug-likeness (QED) is 0.865. The first-order valence-corrected chi connectivity index (χ1v) is 9.04. The monoisotopic (exact) mass is 385 g/mol. The van der Waals surface area contributed by atoms with E-state index in [9.17, 15) is 9.59 Å². The molecule has 0 aromatic heterocycles. The molecule has 2 amide bonds. The lowest BCUT2D eigenvalue weighted by molar-refractivity contribution is -0.132. The Bertz CT molecular complexity index is 598. The van der Waals surface area contributed by atoms with E-state index in [-0.39, 0.29) is 24.2 Å². The number of hydrogen-bond acceptors (Lipinski definition) is 3. The third-order valence-electron chi connectivity index (χ3n) is 4.92. The number of carbonyl (C=O) groups is 2. The molecule has 2 fully saturated rings. The topological polar surface area (TPSA) is 52.7 Å². The third kappa shape index (κ3) is 5.33. The summed E-state index contributed by atoms with van der Waals surface area (Å²) in [6, 6.07) is 7.01. The van der Waals surface area contributed by atoms with E-state index >= 15 is 0 Å². The first kappa shape index (κ1) is 20.0. The summed E-state index contributed by atoms with van der Waals surface area (Å²) < 4.78 is 0. The van der Waals surface area contributed by atoms with Crippen LogP contribution in [-0.4, -0.2) is 60.9 Å². The largest absolute Gasteiger partial charge is 0.339 e. The number of hydrogen-bond donors (Lipinski definition) is 1. The van der Waals surface area contributed by atoms with E-state index in [0.29, 0.717) is 49.1 Å². The van der Waals surface area contributed by atoms with Gasteiger partial charge in [0.2, 0.25) is 5.91 Å². The van der Waals surface area contributed by atoms with E-state index in [2.05, 4.69) is 5.32 Å². The fourth-order valence-corrected chi connectivity index (χ4v) is 3.60. The van der Waals surface area contributed by atoms with Gasteiger partial charge in [-0.2, -0.15) is 0 Å². The summed E-state index contributed by atoms with van der Waals surface area (Å²) in [6.45, 7) is 4.52. The zero-order chi connectivity index (χ0) is 16.9. The normalized spacial score (nSPS) is 20.3. The molecular weight excluding hydrogens is 361 g/mol. The zero-order valence-electron chi connectivity index (χ0n) is 14.2. The smallest absolute Gasteiger partial charge is 0.254 e. The highest BCUT2D eigenvalue weighted by atomic mass is 35.5. The molecule has 0 bridgehead atoms. The highest BCUT2D eigenvalue weighted by Gasteiger charge is 2.25. The van der Waals surface area contributed by atoms with Crippen molar-refractivity contribution in [1.29, 1.82) is 0 Å². The first-order valence-electron chi connectivity index (χ1n) is 8.67. The molecular formula is C18H25Cl2N3O2. The van der Waals surface area contributed by atoms with Crippen LogP contribution < -0.4 is 5.32 Å². The molecule has 1 unspecified atom stereocenters. The molecule has 0 saturated carbocycles. The lowest BCUT2D eigenvalue weighted by atomic mass is 10.0. The van der Waals surface area contributed by atoms with E-state index in [0.717, 1.165) is 19.5 Å². The molecule has 0 aliphatic carbocycles. The van der Waals surface area contributed by atoms with Crippen molar-refractivity contribution >= 4 is 35.8 Å². The summed E-state index contributed by atoms with van der Waals surface area (Å²) in [6.07, 6.45) is 2.76. The number of nitrogens with one attached hydrogen (secondary N) is 1. The summed E-state index contributed by atoms with van der Waals surface area (Å²) in [7, 11) is 0. The summed E-state index contributed by atoms with van der Waals surface area (Å²) in [5.41, 5.74) is 0.607. The van der Waals surface area contributed by atoms with Crippen molar-refractivity contribution in [1.82, 2.24) is 15.1 Å². The highest BCUT2D eigenvalue weighted by Crippen LogP contribution is 2.17. The van der Waals surface area contributed by atoms with Gasteiger partial charge in [0.1, 0.15) is 0 Å². The Hall–Kier alpha value is -1.30. The van der Waals surface area contributed by atoms with Crippen LogP contribution in [0.25, 0.3) is 0 Å². The minimum absolute atomic E-state index is 0. The molecule has 2 aliphatic rings. The second kappa shape index (κ2) is 9.41. The first-order chi connectivity index (χ1) is 11.6. The van der Waals surface area contributed by atoms with Crippen LogP contribution in [-0.2, 0) is 4.79 Å². The Balaban J connectivity index is 0.00000225. The number of rotatable bonds is 4. The van der Waals surface area contributed by atoms with E-state index in [1.54, 1.807) is 29.2 Å². The van der Waals surface area contributed by atoms with Gasteiger partial charge in [-0.1, -0.05) is 17.7 Å². The summed E-state index contributed by atoms with van der Waals surface area (Å²) in [5, 5.41) is 3.90. The average molecular weight is 386 g/mol. The maximum absolute atomic E-state index is 12.5. The van der Waals surface area contributed by atoms with Crippen LogP contribution in [0.5, 0.6) is 0 Å². The number of amides is 2. The molecule has 1 N–H and O–H groups in total. The molecule has 25 heavy (non-hydrogen) atoms. The van der Waals surface area contributed by atoms with Gasteiger partial charge in [0.25, 0.3) is 5.91 Å². The van der Waals surface area contributed by atoms with Crippen LogP contribution in [0, 0.1) is 5.92 Å². The van der Waals surface area contributed by atoms with Gasteiger partial charge in [0.15, 0.2) is 0 Å². The van der Waals surface area contributed by atoms with Gasteiger partial charge in [0.05, 0.1) is 0 Å². The molecule has 138 valence electrons. The standard InChI is InChI=1S/C18H24ClN3O2.ClH/c19-16-3-1-2-15(12-16)18(24)22-10-8-21(9-11-22)17(23)5-4-14-6-7-20-13-14;/h1-3,12,14,20H,4-11,13H2;1H. The summed E-state index contributed by atoms with van der Waals surface area (Å²) in [5.74, 6) is 0.845. The molecule has 2 saturated heterocycles. The Morgan fingerprint density at radius 3 is 2.52 bits per heavy atom. The van der Waals surface area contributed by atoms with Crippen molar-refractivity contribution in [2.75, 3.05) is 39.3 Å². The van der Waals surface area contributed by atoms with Gasteiger partial charge in [-0.05, 0) is 50.0 Å². The number of halogens is 2. The lowest BCUT2D eigenvalue weighted by Crippen LogP contribution is -2.50. The van der Waals surface area contributed by atoms with Crippen LogP contribution >= 0.6 is 24.0 Å². The Labute approximate surface area is 160 Å². The van der Waals surface area contributed by atoms with Crippen LogP contribution in [0.2, 0.25) is 5.02 Å². The molecule has 0 radical (unpaired) electrons. The van der Waals surface area contributed by atoms with Crippen LogP contribution in [0.1, 0.15) is 29.6 Å². The number of piperazine rings is 1. The van der Waals surface area contributed by atoms with Crippen molar-refractivity contribution in [3.05, 3.63) is 34.9 Å². The van der Waals surface area contributed by atoms with Crippen molar-refractivity contribution in [3.63, 3.8) is 0 Å². The van der Waals surface area contributed by atoms with Crippen LogP contribution in [0.4, 0.5) is 0 Å². The Morgan fingerprint density at radius 2 is 1.88 bits per heavy atom. The molecule has 1 atom stereocenters. The van der Waals surface area contributed by atoms with Gasteiger partial charge >= 0.3 is 0 Å². The van der Waals surface area contributed by atoms with E-state index in [4.69, 9.17) is 11.6 Å². The molecule has 2 heterocycles. The molecule has 5 nitrogen and oxygen atoms in total. The van der Waals surface area contributed by atoms with Gasteiger partial charge in [-0.15, -0.1) is 12.4 Å². The van der Waals surface area contributed by atoms with Crippen molar-refractivity contribution < 1.29 is 9.59 Å². The molecule has 1 aromatic carbocycles. The van der Waals surface area contributed by atoms with E-state index in [1.807, 2.05) is 4.90 Å². The van der Waals surface area contributed by atoms with Gasteiger partial charge in [0, 0.05) is 43.2 Å². The van der Waals surface area contributed by atoms with Gasteiger partial charge in [-0.3, -0.25) is 9.59 Å². The second-order valence-corrected chi connectivity index (χ2v) is 7.02. The number of benzene rings is 1. The van der Waals surface area contributed by atoms with E-state index < -0.39 is 0 Å². The predicted molar refractivity (Wildman–Crippen MR) is 101 cm³/mol.